The van der Waals surface area contributed by atoms with E-state index in [1.807, 2.05) is 55.5 Å². The van der Waals surface area contributed by atoms with Crippen LogP contribution in [-0.4, -0.2) is 29.5 Å². The molecule has 5 heteroatoms. The summed E-state index contributed by atoms with van der Waals surface area (Å²) in [6.07, 6.45) is 0.238. The van der Waals surface area contributed by atoms with Crippen molar-refractivity contribution in [1.29, 1.82) is 0 Å². The average Bonchev–Trinajstić information content (AvgIpc) is 2.92. The molecular weight excluding hydrogens is 370 g/mol. The highest BCUT2D eigenvalue weighted by Gasteiger charge is 2.37. The van der Waals surface area contributed by atoms with Crippen molar-refractivity contribution >= 4 is 27.9 Å². The summed E-state index contributed by atoms with van der Waals surface area (Å²) in [6.45, 7) is 2.24. The molecule has 24 heavy (non-hydrogen) atoms. The standard InChI is InChI=1S/C19H18BrNO3/c1-13-7-8-15(10-17(13)20)11-18(22)21-16(12-24-19(21)23)9-14-5-3-2-4-6-14/h2-8,10,16H,9,11-12H2,1H3/t16-/m0/s1. The Kier molecular flexibility index (Phi) is 5.00. The summed E-state index contributed by atoms with van der Waals surface area (Å²) in [7, 11) is 0. The van der Waals surface area contributed by atoms with E-state index in [9.17, 15) is 9.59 Å². The predicted octanol–water partition coefficient (Wildman–Crippen LogP) is 3.89. The molecule has 2 aromatic carbocycles. The number of cyclic esters (lactones) is 1. The molecular formula is C19H18BrNO3. The van der Waals surface area contributed by atoms with Gasteiger partial charge in [-0.1, -0.05) is 58.4 Å². The number of carbonyl (C=O) groups excluding carboxylic acids is 2. The highest BCUT2D eigenvalue weighted by Crippen LogP contribution is 2.21. The molecule has 0 radical (unpaired) electrons. The number of amides is 2. The third-order valence-corrected chi connectivity index (χ3v) is 4.99. The van der Waals surface area contributed by atoms with Gasteiger partial charge in [0.15, 0.2) is 0 Å². The molecule has 0 aliphatic carbocycles. The monoisotopic (exact) mass is 387 g/mol. The van der Waals surface area contributed by atoms with Crippen LogP contribution in [0.4, 0.5) is 4.79 Å². The molecule has 0 spiro atoms. The summed E-state index contributed by atoms with van der Waals surface area (Å²) in [6, 6.07) is 15.3. The molecule has 2 amide bonds. The Labute approximate surface area is 149 Å². The first kappa shape index (κ1) is 16.7. The lowest BCUT2D eigenvalue weighted by Gasteiger charge is -2.20. The molecule has 0 bridgehead atoms. The number of aryl methyl sites for hydroxylation is 1. The first-order valence-electron chi connectivity index (χ1n) is 7.82. The van der Waals surface area contributed by atoms with Crippen LogP contribution >= 0.6 is 15.9 Å². The fourth-order valence-corrected chi connectivity index (χ4v) is 3.23. The van der Waals surface area contributed by atoms with Crippen LogP contribution in [0.25, 0.3) is 0 Å². The Morgan fingerprint density at radius 3 is 2.67 bits per heavy atom. The van der Waals surface area contributed by atoms with Crippen LogP contribution in [0, 0.1) is 6.92 Å². The van der Waals surface area contributed by atoms with E-state index in [1.165, 1.54) is 4.90 Å². The fourth-order valence-electron chi connectivity index (χ4n) is 2.81. The second-order valence-electron chi connectivity index (χ2n) is 5.94. The molecule has 4 nitrogen and oxygen atoms in total. The number of hydrogen-bond acceptors (Lipinski definition) is 3. The number of ether oxygens (including phenoxy) is 1. The van der Waals surface area contributed by atoms with Crippen molar-refractivity contribution in [3.8, 4) is 0 Å². The normalized spacial score (nSPS) is 17.0. The maximum absolute atomic E-state index is 12.6. The lowest BCUT2D eigenvalue weighted by atomic mass is 10.0. The minimum atomic E-state index is -0.549. The minimum Gasteiger partial charge on any atom is -0.447 e. The smallest absolute Gasteiger partial charge is 0.416 e. The molecule has 1 heterocycles. The maximum Gasteiger partial charge on any atom is 0.416 e. The van der Waals surface area contributed by atoms with E-state index in [0.717, 1.165) is 21.2 Å². The SMILES string of the molecule is Cc1ccc(CC(=O)N2C(=O)OC[C@@H]2Cc2ccccc2)cc1Br. The van der Waals surface area contributed by atoms with Gasteiger partial charge in [0.05, 0.1) is 12.5 Å². The van der Waals surface area contributed by atoms with Gasteiger partial charge >= 0.3 is 6.09 Å². The Balaban J connectivity index is 1.73. The van der Waals surface area contributed by atoms with Crippen molar-refractivity contribution in [3.63, 3.8) is 0 Å². The van der Waals surface area contributed by atoms with Gasteiger partial charge in [0.25, 0.3) is 0 Å². The van der Waals surface area contributed by atoms with Gasteiger partial charge in [0.2, 0.25) is 5.91 Å². The zero-order valence-electron chi connectivity index (χ0n) is 13.4. The largest absolute Gasteiger partial charge is 0.447 e. The highest BCUT2D eigenvalue weighted by atomic mass is 79.9. The molecule has 0 saturated carbocycles. The van der Waals surface area contributed by atoms with E-state index < -0.39 is 6.09 Å². The van der Waals surface area contributed by atoms with Crippen molar-refractivity contribution < 1.29 is 14.3 Å². The Morgan fingerprint density at radius 2 is 1.96 bits per heavy atom. The zero-order chi connectivity index (χ0) is 17.1. The zero-order valence-corrected chi connectivity index (χ0v) is 15.0. The van der Waals surface area contributed by atoms with Crippen molar-refractivity contribution in [1.82, 2.24) is 4.90 Å². The predicted molar refractivity (Wildman–Crippen MR) is 94.7 cm³/mol. The summed E-state index contributed by atoms with van der Waals surface area (Å²) in [5.41, 5.74) is 3.06. The van der Waals surface area contributed by atoms with E-state index in [2.05, 4.69) is 15.9 Å². The molecule has 1 atom stereocenters. The van der Waals surface area contributed by atoms with Gasteiger partial charge in [-0.05, 0) is 36.1 Å². The van der Waals surface area contributed by atoms with Gasteiger partial charge in [-0.25, -0.2) is 9.69 Å². The Bertz CT molecular complexity index is 760. The van der Waals surface area contributed by atoms with E-state index in [0.29, 0.717) is 6.42 Å². The summed E-state index contributed by atoms with van der Waals surface area (Å²) >= 11 is 3.47. The minimum absolute atomic E-state index is 0.180. The van der Waals surface area contributed by atoms with Gasteiger partial charge < -0.3 is 4.74 Å². The first-order chi connectivity index (χ1) is 11.5. The number of benzene rings is 2. The van der Waals surface area contributed by atoms with Crippen molar-refractivity contribution in [2.24, 2.45) is 0 Å². The summed E-state index contributed by atoms with van der Waals surface area (Å²) in [4.78, 5) is 25.9. The molecule has 124 valence electrons. The molecule has 1 fully saturated rings. The summed E-state index contributed by atoms with van der Waals surface area (Å²) in [5.74, 6) is -0.228. The van der Waals surface area contributed by atoms with Crippen LogP contribution in [0.15, 0.2) is 53.0 Å². The van der Waals surface area contributed by atoms with Crippen LogP contribution in [-0.2, 0) is 22.4 Å². The van der Waals surface area contributed by atoms with Crippen LogP contribution in [0.1, 0.15) is 16.7 Å². The van der Waals surface area contributed by atoms with Gasteiger partial charge in [-0.15, -0.1) is 0 Å². The van der Waals surface area contributed by atoms with Gasteiger partial charge in [0, 0.05) is 4.47 Å². The third kappa shape index (κ3) is 3.67. The average molecular weight is 388 g/mol. The number of imide groups is 1. The van der Waals surface area contributed by atoms with Crippen LogP contribution in [0.3, 0.4) is 0 Å². The van der Waals surface area contributed by atoms with Crippen LogP contribution < -0.4 is 0 Å². The summed E-state index contributed by atoms with van der Waals surface area (Å²) < 4.78 is 6.07. The molecule has 2 aromatic rings. The lowest BCUT2D eigenvalue weighted by Crippen LogP contribution is -2.41. The number of rotatable bonds is 4. The van der Waals surface area contributed by atoms with Crippen molar-refractivity contribution in [2.45, 2.75) is 25.8 Å². The first-order valence-corrected chi connectivity index (χ1v) is 8.61. The molecule has 0 N–H and O–H groups in total. The Morgan fingerprint density at radius 1 is 1.21 bits per heavy atom. The highest BCUT2D eigenvalue weighted by molar-refractivity contribution is 9.10. The molecule has 3 rings (SSSR count). The van der Waals surface area contributed by atoms with Crippen LogP contribution in [0.2, 0.25) is 0 Å². The second kappa shape index (κ2) is 7.18. The second-order valence-corrected chi connectivity index (χ2v) is 6.80. The number of halogens is 1. The quantitative estimate of drug-likeness (QED) is 0.799. The molecule has 0 unspecified atom stereocenters. The lowest BCUT2D eigenvalue weighted by molar-refractivity contribution is -0.128. The number of hydrogen-bond donors (Lipinski definition) is 0. The third-order valence-electron chi connectivity index (χ3n) is 4.14. The molecule has 1 saturated heterocycles. The number of carbonyl (C=O) groups is 2. The Hall–Kier alpha value is -2.14. The van der Waals surface area contributed by atoms with Crippen molar-refractivity contribution in [3.05, 3.63) is 69.7 Å². The van der Waals surface area contributed by atoms with E-state index in [1.54, 1.807) is 0 Å². The van der Waals surface area contributed by atoms with E-state index >= 15 is 0 Å². The molecule has 1 aliphatic rings. The van der Waals surface area contributed by atoms with Gasteiger partial charge in [-0.2, -0.15) is 0 Å². The topological polar surface area (TPSA) is 46.6 Å². The van der Waals surface area contributed by atoms with Gasteiger partial charge in [-0.3, -0.25) is 4.79 Å². The van der Waals surface area contributed by atoms with E-state index in [4.69, 9.17) is 4.74 Å². The maximum atomic E-state index is 12.6. The summed E-state index contributed by atoms with van der Waals surface area (Å²) in [5, 5.41) is 0. The fraction of sp³-hybridized carbons (Fsp3) is 0.263. The van der Waals surface area contributed by atoms with E-state index in [-0.39, 0.29) is 25.0 Å². The van der Waals surface area contributed by atoms with Crippen molar-refractivity contribution in [2.75, 3.05) is 6.61 Å². The molecule has 0 aromatic heterocycles. The van der Waals surface area contributed by atoms with Gasteiger partial charge in [0.1, 0.15) is 6.61 Å². The van der Waals surface area contributed by atoms with Crippen LogP contribution in [0.5, 0.6) is 0 Å². The number of nitrogens with zero attached hydrogens (tertiary/aromatic N) is 1. The molecule has 1 aliphatic heterocycles.